The molecule has 0 atom stereocenters. The van der Waals surface area contributed by atoms with Crippen molar-refractivity contribution in [2.45, 2.75) is 19.4 Å². The van der Waals surface area contributed by atoms with E-state index < -0.39 is 0 Å². The van der Waals surface area contributed by atoms with Crippen LogP contribution in [0.3, 0.4) is 0 Å². The van der Waals surface area contributed by atoms with E-state index in [9.17, 15) is 14.0 Å². The second-order valence-corrected chi connectivity index (χ2v) is 8.19. The summed E-state index contributed by atoms with van der Waals surface area (Å²) in [5.74, 6) is 0.769. The SMILES string of the molecule is COc1cccc(NC(=O)c2ccnc(N3CCC(C(=O)NCc4ccc(F)cc4)CC3)c2)c1. The third kappa shape index (κ3) is 5.89. The predicted octanol–water partition coefficient (Wildman–Crippen LogP) is 4.01. The number of piperidine rings is 1. The number of anilines is 2. The van der Waals surface area contributed by atoms with Gasteiger partial charge in [0, 0.05) is 49.1 Å². The van der Waals surface area contributed by atoms with Crippen molar-refractivity contribution >= 4 is 23.3 Å². The predicted molar refractivity (Wildman–Crippen MR) is 128 cm³/mol. The molecule has 7 nitrogen and oxygen atoms in total. The molecule has 2 heterocycles. The summed E-state index contributed by atoms with van der Waals surface area (Å²) in [6, 6.07) is 16.7. The maximum atomic E-state index is 13.0. The molecule has 0 unspecified atom stereocenters. The van der Waals surface area contributed by atoms with Crippen LogP contribution in [0.15, 0.2) is 66.9 Å². The van der Waals surface area contributed by atoms with E-state index in [1.165, 1.54) is 12.1 Å². The smallest absolute Gasteiger partial charge is 0.255 e. The van der Waals surface area contributed by atoms with Gasteiger partial charge in [-0.15, -0.1) is 0 Å². The van der Waals surface area contributed by atoms with E-state index in [1.54, 1.807) is 49.7 Å². The number of nitrogens with zero attached hydrogens (tertiary/aromatic N) is 2. The van der Waals surface area contributed by atoms with Crippen LogP contribution in [0.1, 0.15) is 28.8 Å². The molecule has 0 spiro atoms. The summed E-state index contributed by atoms with van der Waals surface area (Å²) in [7, 11) is 1.58. The zero-order chi connectivity index (χ0) is 23.9. The lowest BCUT2D eigenvalue weighted by Crippen LogP contribution is -2.40. The van der Waals surface area contributed by atoms with Gasteiger partial charge in [0.2, 0.25) is 5.91 Å². The number of hydrogen-bond donors (Lipinski definition) is 2. The number of pyridine rings is 1. The van der Waals surface area contributed by atoms with Crippen LogP contribution in [0.4, 0.5) is 15.9 Å². The van der Waals surface area contributed by atoms with Gasteiger partial charge in [-0.05, 0) is 54.8 Å². The highest BCUT2D eigenvalue weighted by Crippen LogP contribution is 2.23. The number of amides is 2. The van der Waals surface area contributed by atoms with Gasteiger partial charge in [-0.2, -0.15) is 0 Å². The average molecular weight is 463 g/mol. The van der Waals surface area contributed by atoms with E-state index in [0.717, 1.165) is 5.56 Å². The summed E-state index contributed by atoms with van der Waals surface area (Å²) in [5.41, 5.74) is 2.02. The van der Waals surface area contributed by atoms with E-state index in [0.29, 0.717) is 55.3 Å². The molecule has 2 N–H and O–H groups in total. The number of hydrogen-bond acceptors (Lipinski definition) is 5. The number of ether oxygens (including phenoxy) is 1. The molecule has 34 heavy (non-hydrogen) atoms. The molecule has 4 rings (SSSR count). The van der Waals surface area contributed by atoms with Crippen molar-refractivity contribution in [3.05, 3.63) is 83.8 Å². The van der Waals surface area contributed by atoms with Crippen LogP contribution >= 0.6 is 0 Å². The summed E-state index contributed by atoms with van der Waals surface area (Å²) < 4.78 is 18.2. The highest BCUT2D eigenvalue weighted by atomic mass is 19.1. The van der Waals surface area contributed by atoms with E-state index in [2.05, 4.69) is 20.5 Å². The maximum Gasteiger partial charge on any atom is 0.255 e. The van der Waals surface area contributed by atoms with Crippen LogP contribution in [0.2, 0.25) is 0 Å². The molecule has 1 fully saturated rings. The van der Waals surface area contributed by atoms with Crippen LogP contribution < -0.4 is 20.3 Å². The van der Waals surface area contributed by atoms with Crippen molar-refractivity contribution < 1.29 is 18.7 Å². The quantitative estimate of drug-likeness (QED) is 0.554. The van der Waals surface area contributed by atoms with E-state index in [1.807, 2.05) is 12.1 Å². The molecule has 1 aliphatic heterocycles. The molecule has 2 aromatic carbocycles. The van der Waals surface area contributed by atoms with Crippen molar-refractivity contribution in [3.63, 3.8) is 0 Å². The second-order valence-electron chi connectivity index (χ2n) is 8.19. The number of carbonyl (C=O) groups is 2. The largest absolute Gasteiger partial charge is 0.497 e. The van der Waals surface area contributed by atoms with Gasteiger partial charge in [-0.3, -0.25) is 9.59 Å². The number of nitrogens with one attached hydrogen (secondary N) is 2. The molecule has 0 aliphatic carbocycles. The molecule has 0 radical (unpaired) electrons. The third-order valence-corrected chi connectivity index (χ3v) is 5.91. The zero-order valence-corrected chi connectivity index (χ0v) is 19.0. The standard InChI is InChI=1S/C26H27FN4O3/c1-34-23-4-2-3-22(16-23)30-26(33)20-9-12-28-24(15-20)31-13-10-19(11-14-31)25(32)29-17-18-5-7-21(27)8-6-18/h2-9,12,15-16,19H,10-11,13-14,17H2,1H3,(H,29,32)(H,30,33). The molecule has 0 saturated carbocycles. The first-order valence-electron chi connectivity index (χ1n) is 11.2. The lowest BCUT2D eigenvalue weighted by atomic mass is 9.95. The average Bonchev–Trinajstić information content (AvgIpc) is 2.88. The first kappa shape index (κ1) is 23.2. The van der Waals surface area contributed by atoms with Crippen LogP contribution in [-0.4, -0.2) is 37.0 Å². The summed E-state index contributed by atoms with van der Waals surface area (Å²) in [4.78, 5) is 31.8. The Hall–Kier alpha value is -3.94. The number of methoxy groups -OCH3 is 1. The Morgan fingerprint density at radius 1 is 1.09 bits per heavy atom. The van der Waals surface area contributed by atoms with Gasteiger partial charge in [0.25, 0.3) is 5.91 Å². The first-order valence-corrected chi connectivity index (χ1v) is 11.2. The van der Waals surface area contributed by atoms with Gasteiger partial charge in [0.15, 0.2) is 0 Å². The normalized spacial score (nSPS) is 13.9. The third-order valence-electron chi connectivity index (χ3n) is 5.91. The molecular weight excluding hydrogens is 435 g/mol. The van der Waals surface area contributed by atoms with Crippen molar-refractivity contribution in [3.8, 4) is 5.75 Å². The Bertz CT molecular complexity index is 1140. The fraction of sp³-hybridized carbons (Fsp3) is 0.269. The van der Waals surface area contributed by atoms with E-state index >= 15 is 0 Å². The fourth-order valence-electron chi connectivity index (χ4n) is 3.94. The number of rotatable bonds is 7. The minimum absolute atomic E-state index is 0.00310. The molecule has 8 heteroatoms. The highest BCUT2D eigenvalue weighted by molar-refractivity contribution is 6.04. The molecule has 0 bridgehead atoms. The molecular formula is C26H27FN4O3. The minimum atomic E-state index is -0.294. The maximum absolute atomic E-state index is 13.0. The highest BCUT2D eigenvalue weighted by Gasteiger charge is 2.25. The van der Waals surface area contributed by atoms with Gasteiger partial charge in [0.05, 0.1) is 7.11 Å². The van der Waals surface area contributed by atoms with Crippen molar-refractivity contribution in [1.29, 1.82) is 0 Å². The number of benzene rings is 2. The second kappa shape index (κ2) is 10.8. The van der Waals surface area contributed by atoms with Gasteiger partial charge < -0.3 is 20.3 Å². The Labute approximate surface area is 198 Å². The fourth-order valence-corrected chi connectivity index (χ4v) is 3.94. The Kier molecular flexibility index (Phi) is 7.37. The topological polar surface area (TPSA) is 83.6 Å². The van der Waals surface area contributed by atoms with Crippen LogP contribution in [0.5, 0.6) is 5.75 Å². The monoisotopic (exact) mass is 462 g/mol. The first-order chi connectivity index (χ1) is 16.5. The number of aromatic nitrogens is 1. The van der Waals surface area contributed by atoms with Crippen LogP contribution in [0, 0.1) is 11.7 Å². The Morgan fingerprint density at radius 3 is 2.59 bits per heavy atom. The van der Waals surface area contributed by atoms with Gasteiger partial charge in [-0.25, -0.2) is 9.37 Å². The van der Waals surface area contributed by atoms with Crippen molar-refractivity contribution in [2.24, 2.45) is 5.92 Å². The molecule has 1 aliphatic rings. The molecule has 1 aromatic heterocycles. The van der Waals surface area contributed by atoms with E-state index in [-0.39, 0.29) is 23.5 Å². The number of carbonyl (C=O) groups excluding carboxylic acids is 2. The summed E-state index contributed by atoms with van der Waals surface area (Å²) in [5, 5.41) is 5.82. The summed E-state index contributed by atoms with van der Waals surface area (Å²) >= 11 is 0. The van der Waals surface area contributed by atoms with Gasteiger partial charge in [-0.1, -0.05) is 18.2 Å². The molecule has 176 valence electrons. The lowest BCUT2D eigenvalue weighted by Gasteiger charge is -2.32. The lowest BCUT2D eigenvalue weighted by molar-refractivity contribution is -0.125. The van der Waals surface area contributed by atoms with Gasteiger partial charge in [0.1, 0.15) is 17.4 Å². The van der Waals surface area contributed by atoms with Crippen molar-refractivity contribution in [1.82, 2.24) is 10.3 Å². The Balaban J connectivity index is 1.30. The van der Waals surface area contributed by atoms with Crippen LogP contribution in [0.25, 0.3) is 0 Å². The Morgan fingerprint density at radius 2 is 1.85 bits per heavy atom. The molecule has 2 amide bonds. The van der Waals surface area contributed by atoms with Crippen LogP contribution in [-0.2, 0) is 11.3 Å². The van der Waals surface area contributed by atoms with E-state index in [4.69, 9.17) is 4.74 Å². The van der Waals surface area contributed by atoms with Crippen molar-refractivity contribution in [2.75, 3.05) is 30.4 Å². The minimum Gasteiger partial charge on any atom is -0.497 e. The number of halogens is 1. The summed E-state index contributed by atoms with van der Waals surface area (Å²) in [6.07, 6.45) is 3.01. The van der Waals surface area contributed by atoms with Gasteiger partial charge >= 0.3 is 0 Å². The molecule has 1 saturated heterocycles. The zero-order valence-electron chi connectivity index (χ0n) is 19.0. The summed E-state index contributed by atoms with van der Waals surface area (Å²) in [6.45, 7) is 1.72. The molecule has 3 aromatic rings.